The maximum absolute atomic E-state index is 13.6. The van der Waals surface area contributed by atoms with Gasteiger partial charge in [0.2, 0.25) is 11.8 Å². The van der Waals surface area contributed by atoms with E-state index in [0.717, 1.165) is 34.6 Å². The Morgan fingerprint density at radius 1 is 0.891 bits per heavy atom. The fraction of sp³-hybridized carbons (Fsp3) is 0.429. The average Bonchev–Trinajstić information content (AvgIpc) is 3.69. The van der Waals surface area contributed by atoms with Crippen molar-refractivity contribution in [3.63, 3.8) is 0 Å². The number of carbonyl (C=O) groups excluding carboxylic acids is 5. The third kappa shape index (κ3) is 6.23. The van der Waals surface area contributed by atoms with E-state index < -0.39 is 29.7 Å². The lowest BCUT2D eigenvalue weighted by Crippen LogP contribution is -2.72. The van der Waals surface area contributed by atoms with Gasteiger partial charge in [-0.15, -0.1) is 0 Å². The summed E-state index contributed by atoms with van der Waals surface area (Å²) in [4.78, 5) is 69.6. The van der Waals surface area contributed by atoms with Crippen molar-refractivity contribution in [2.24, 2.45) is 10.8 Å². The number of halogens is 1. The van der Waals surface area contributed by atoms with E-state index in [4.69, 9.17) is 16.3 Å². The summed E-state index contributed by atoms with van der Waals surface area (Å²) < 4.78 is 6.42. The molecular weight excluding hydrogens is 720 g/mol. The van der Waals surface area contributed by atoms with Crippen molar-refractivity contribution in [1.82, 2.24) is 20.0 Å². The number of amides is 5. The number of hydrogen-bond acceptors (Lipinski definition) is 9. The van der Waals surface area contributed by atoms with Gasteiger partial charge in [0, 0.05) is 72.8 Å². The summed E-state index contributed by atoms with van der Waals surface area (Å²) >= 11 is 6.26. The second-order valence-electron chi connectivity index (χ2n) is 16.6. The van der Waals surface area contributed by atoms with Crippen molar-refractivity contribution in [3.8, 4) is 11.8 Å². The minimum atomic E-state index is -0.983. The predicted octanol–water partition coefficient (Wildman–Crippen LogP) is 5.53. The zero-order valence-electron chi connectivity index (χ0n) is 31.3. The van der Waals surface area contributed by atoms with Crippen LogP contribution in [0, 0.1) is 22.2 Å². The van der Waals surface area contributed by atoms with Crippen LogP contribution in [0.5, 0.6) is 5.75 Å². The molecule has 2 saturated heterocycles. The maximum Gasteiger partial charge on any atom is 0.262 e. The Morgan fingerprint density at radius 2 is 1.51 bits per heavy atom. The van der Waals surface area contributed by atoms with Crippen molar-refractivity contribution in [3.05, 3.63) is 93.0 Å². The molecule has 8 rings (SSSR count). The Bertz CT molecular complexity index is 2130. The largest absolute Gasteiger partial charge is 0.489 e. The van der Waals surface area contributed by atoms with Gasteiger partial charge in [-0.2, -0.15) is 5.26 Å². The molecule has 284 valence electrons. The summed E-state index contributed by atoms with van der Waals surface area (Å²) in [6.07, 6.45) is 1.72. The van der Waals surface area contributed by atoms with E-state index in [1.54, 1.807) is 30.3 Å². The average molecular weight is 763 g/mol. The summed E-state index contributed by atoms with van der Waals surface area (Å²) in [7, 11) is 0. The minimum Gasteiger partial charge on any atom is -0.489 e. The molecule has 2 N–H and O–H groups in total. The number of benzene rings is 3. The maximum atomic E-state index is 13.6. The number of nitrogens with one attached hydrogen (secondary N) is 2. The zero-order valence-corrected chi connectivity index (χ0v) is 32.0. The Kier molecular flexibility index (Phi) is 9.01. The SMILES string of the molecule is CC1(C)[C@H](Nc2ccc(C(=O)N3CCC(N4Cc5cc6c(cc5C4)C(=O)N([C@H]4CCC(=O)NC4=O)C6=O)CC3)cc2)C(C)(C)[C@H]1Oc1ccc(C#N)c(Cl)c1. The summed E-state index contributed by atoms with van der Waals surface area (Å²) in [5.74, 6) is -1.37. The van der Waals surface area contributed by atoms with Gasteiger partial charge in [-0.1, -0.05) is 39.3 Å². The van der Waals surface area contributed by atoms with Crippen molar-refractivity contribution < 1.29 is 28.7 Å². The van der Waals surface area contributed by atoms with E-state index in [-0.39, 0.29) is 47.8 Å². The molecule has 12 nitrogen and oxygen atoms in total. The van der Waals surface area contributed by atoms with Gasteiger partial charge in [0.15, 0.2) is 0 Å². The van der Waals surface area contributed by atoms with Gasteiger partial charge in [0.25, 0.3) is 17.7 Å². The molecule has 1 atom stereocenters. The van der Waals surface area contributed by atoms with Crippen molar-refractivity contribution in [2.75, 3.05) is 18.4 Å². The lowest BCUT2D eigenvalue weighted by Gasteiger charge is -2.63. The Balaban J connectivity index is 0.846. The summed E-state index contributed by atoms with van der Waals surface area (Å²) in [5, 5.41) is 15.5. The number of piperidine rings is 2. The summed E-state index contributed by atoms with van der Waals surface area (Å²) in [5.41, 5.74) is 4.11. The fourth-order valence-corrected chi connectivity index (χ4v) is 9.95. The van der Waals surface area contributed by atoms with E-state index in [1.807, 2.05) is 29.2 Å². The van der Waals surface area contributed by atoms with Crippen LogP contribution >= 0.6 is 11.6 Å². The van der Waals surface area contributed by atoms with Crippen LogP contribution in [0.15, 0.2) is 54.6 Å². The standard InChI is InChI=1S/C42H43ClN6O6/c1-41(2)39(42(3,4)40(41)55-29-10-7-24(20-44)32(43)19-29)45-27-8-5-23(6-9-27)36(52)47-15-13-28(14-16-47)48-21-25-17-30-31(18-26(25)22-48)38(54)49(37(30)53)33-11-12-34(50)46-35(33)51/h5-10,17-19,28,33,39-40,45H,11-16,21-22H2,1-4H3,(H,46,50,51)/t33-,39-,40-/m0/s1. The van der Waals surface area contributed by atoms with Crippen molar-refractivity contribution in [2.45, 2.75) is 90.7 Å². The molecule has 1 aliphatic carbocycles. The number of anilines is 1. The number of imide groups is 2. The highest BCUT2D eigenvalue weighted by molar-refractivity contribution is 6.31. The lowest BCUT2D eigenvalue weighted by molar-refractivity contribution is -0.147. The molecule has 13 heteroatoms. The molecule has 0 spiro atoms. The van der Waals surface area contributed by atoms with E-state index in [2.05, 4.69) is 49.3 Å². The third-order valence-electron chi connectivity index (χ3n) is 12.4. The van der Waals surface area contributed by atoms with Crippen LogP contribution in [-0.4, -0.2) is 81.6 Å². The molecule has 55 heavy (non-hydrogen) atoms. The van der Waals surface area contributed by atoms with Gasteiger partial charge in [0.1, 0.15) is 24.0 Å². The van der Waals surface area contributed by atoms with Gasteiger partial charge in [0.05, 0.1) is 21.7 Å². The second-order valence-corrected chi connectivity index (χ2v) is 17.0. The van der Waals surface area contributed by atoms with Crippen LogP contribution in [0.25, 0.3) is 0 Å². The molecule has 0 bridgehead atoms. The molecule has 3 aromatic carbocycles. The van der Waals surface area contributed by atoms with E-state index in [1.165, 1.54) is 0 Å². The molecule has 4 aliphatic heterocycles. The molecular formula is C42H43ClN6O6. The van der Waals surface area contributed by atoms with Crippen LogP contribution in [0.3, 0.4) is 0 Å². The van der Waals surface area contributed by atoms with E-state index in [0.29, 0.717) is 59.2 Å². The molecule has 0 aromatic heterocycles. The molecule has 1 saturated carbocycles. The molecule has 4 heterocycles. The first-order valence-electron chi connectivity index (χ1n) is 18.8. The molecule has 5 amide bonds. The smallest absolute Gasteiger partial charge is 0.262 e. The number of likely N-dealkylation sites (tertiary alicyclic amines) is 1. The summed E-state index contributed by atoms with van der Waals surface area (Å²) in [6.45, 7) is 11.2. The highest BCUT2D eigenvalue weighted by Gasteiger charge is 2.63. The third-order valence-corrected chi connectivity index (χ3v) is 12.7. The van der Waals surface area contributed by atoms with E-state index >= 15 is 0 Å². The van der Waals surface area contributed by atoms with Crippen molar-refractivity contribution in [1.29, 1.82) is 5.26 Å². The Hall–Kier alpha value is -5.25. The number of ether oxygens (including phenoxy) is 1. The summed E-state index contributed by atoms with van der Waals surface area (Å²) in [6, 6.07) is 17.8. The quantitative estimate of drug-likeness (QED) is 0.296. The zero-order chi connectivity index (χ0) is 39.0. The predicted molar refractivity (Wildman–Crippen MR) is 203 cm³/mol. The van der Waals surface area contributed by atoms with Gasteiger partial charge < -0.3 is 15.0 Å². The highest BCUT2D eigenvalue weighted by atomic mass is 35.5. The number of carbonyl (C=O) groups is 5. The fourth-order valence-electron chi connectivity index (χ4n) is 9.74. The molecule has 5 aliphatic rings. The number of nitriles is 1. The lowest BCUT2D eigenvalue weighted by atomic mass is 9.49. The Morgan fingerprint density at radius 3 is 2.07 bits per heavy atom. The first kappa shape index (κ1) is 36.7. The van der Waals surface area contributed by atoms with Crippen LogP contribution in [0.1, 0.15) is 101 Å². The Labute approximate surface area is 324 Å². The minimum absolute atomic E-state index is 0.00238. The number of rotatable bonds is 7. The molecule has 0 unspecified atom stereocenters. The van der Waals surface area contributed by atoms with E-state index in [9.17, 15) is 29.2 Å². The number of nitrogens with zero attached hydrogens (tertiary/aromatic N) is 4. The second kappa shape index (κ2) is 13.5. The first-order chi connectivity index (χ1) is 26.2. The van der Waals surface area contributed by atoms with Crippen LogP contribution < -0.4 is 15.4 Å². The van der Waals surface area contributed by atoms with Crippen LogP contribution in [-0.2, 0) is 22.7 Å². The molecule has 0 radical (unpaired) electrons. The van der Waals surface area contributed by atoms with Gasteiger partial charge in [-0.05, 0) is 78.9 Å². The molecule has 3 aromatic rings. The highest BCUT2D eigenvalue weighted by Crippen LogP contribution is 2.56. The number of hydrogen-bond donors (Lipinski definition) is 2. The van der Waals surface area contributed by atoms with Crippen molar-refractivity contribution >= 4 is 46.8 Å². The normalized spacial score (nSPS) is 24.5. The van der Waals surface area contributed by atoms with Gasteiger partial charge >= 0.3 is 0 Å². The van der Waals surface area contributed by atoms with Crippen LogP contribution in [0.2, 0.25) is 5.02 Å². The number of fused-ring (bicyclic) bond motifs is 2. The van der Waals surface area contributed by atoms with Crippen LogP contribution in [0.4, 0.5) is 5.69 Å². The topological polar surface area (TPSA) is 152 Å². The monoisotopic (exact) mass is 762 g/mol. The van der Waals surface area contributed by atoms with Gasteiger partial charge in [-0.3, -0.25) is 39.1 Å². The molecule has 3 fully saturated rings. The first-order valence-corrected chi connectivity index (χ1v) is 19.2. The van der Waals surface area contributed by atoms with Gasteiger partial charge in [-0.25, -0.2) is 0 Å².